The number of hydrogen-bond acceptors (Lipinski definition) is 4. The largest absolute Gasteiger partial charge is 0.351 e. The fourth-order valence-corrected chi connectivity index (χ4v) is 1.22. The van der Waals surface area contributed by atoms with Crippen LogP contribution in [0.15, 0.2) is 28.8 Å². The van der Waals surface area contributed by atoms with Gasteiger partial charge in [-0.2, -0.15) is 4.98 Å². The highest BCUT2D eigenvalue weighted by atomic mass is 16.5. The van der Waals surface area contributed by atoms with Crippen LogP contribution in [0.4, 0.5) is 0 Å². The van der Waals surface area contributed by atoms with Crippen molar-refractivity contribution >= 4 is 5.91 Å². The lowest BCUT2D eigenvalue weighted by Gasteiger charge is -1.94. The van der Waals surface area contributed by atoms with E-state index in [-0.39, 0.29) is 5.89 Å². The topological polar surface area (TPSA) is 68.0 Å². The third-order valence-electron chi connectivity index (χ3n) is 1.99. The van der Waals surface area contributed by atoms with Gasteiger partial charge in [0.2, 0.25) is 5.82 Å². The van der Waals surface area contributed by atoms with Crippen LogP contribution >= 0.6 is 0 Å². The Morgan fingerprint density at radius 1 is 1.50 bits per heavy atom. The van der Waals surface area contributed by atoms with E-state index in [1.807, 2.05) is 0 Å². The van der Waals surface area contributed by atoms with Crippen molar-refractivity contribution in [1.82, 2.24) is 15.5 Å². The Balaban J connectivity index is 2.35. The fraction of sp³-hybridized carbons (Fsp3) is 0.0909. The van der Waals surface area contributed by atoms with E-state index >= 15 is 0 Å². The molecule has 0 saturated carbocycles. The second-order valence-corrected chi connectivity index (χ2v) is 3.13. The van der Waals surface area contributed by atoms with Gasteiger partial charge >= 0.3 is 11.8 Å². The predicted octanol–water partition coefficient (Wildman–Crippen LogP) is 1.16. The first-order valence-corrected chi connectivity index (χ1v) is 4.62. The fourth-order valence-electron chi connectivity index (χ4n) is 1.22. The highest BCUT2D eigenvalue weighted by Gasteiger charge is 2.14. The third kappa shape index (κ3) is 1.93. The molecular formula is C11H9N3O2. The minimum absolute atomic E-state index is 0.0695. The molecule has 0 atom stereocenters. The monoisotopic (exact) mass is 215 g/mol. The maximum atomic E-state index is 11.2. The van der Waals surface area contributed by atoms with Crippen LogP contribution in [0.25, 0.3) is 11.4 Å². The summed E-state index contributed by atoms with van der Waals surface area (Å²) in [5.41, 5.74) is 1.31. The number of aromatic nitrogens is 2. The molecular weight excluding hydrogens is 206 g/mol. The van der Waals surface area contributed by atoms with Gasteiger partial charge in [0.1, 0.15) is 0 Å². The van der Waals surface area contributed by atoms with Crippen LogP contribution < -0.4 is 5.32 Å². The van der Waals surface area contributed by atoms with Crippen molar-refractivity contribution in [3.63, 3.8) is 0 Å². The van der Waals surface area contributed by atoms with Gasteiger partial charge < -0.3 is 9.84 Å². The molecule has 5 heteroatoms. The second kappa shape index (κ2) is 4.14. The molecule has 80 valence electrons. The molecule has 2 aromatic rings. The molecule has 0 bridgehead atoms. The van der Waals surface area contributed by atoms with Gasteiger partial charge in [0.15, 0.2) is 0 Å². The summed E-state index contributed by atoms with van der Waals surface area (Å²) in [5, 5.41) is 6.09. The first-order chi connectivity index (χ1) is 7.70. The molecule has 2 radical (unpaired) electrons. The molecule has 1 amide bonds. The standard InChI is InChI=1S/C11H9N3O2/c1-7-4-3-5-8(6-7)9-13-11(16-14-9)10(15)12-2/h1,3-6H,2H3,(H,12,15). The summed E-state index contributed by atoms with van der Waals surface area (Å²) in [4.78, 5) is 15.1. The molecule has 0 unspecified atom stereocenters. The van der Waals surface area contributed by atoms with Crippen LogP contribution in [0, 0.1) is 6.92 Å². The van der Waals surface area contributed by atoms with Crippen molar-refractivity contribution in [3.05, 3.63) is 42.6 Å². The highest BCUT2D eigenvalue weighted by Crippen LogP contribution is 2.16. The van der Waals surface area contributed by atoms with Crippen molar-refractivity contribution in [2.24, 2.45) is 0 Å². The maximum absolute atomic E-state index is 11.2. The molecule has 1 N–H and O–H groups in total. The van der Waals surface area contributed by atoms with Crippen molar-refractivity contribution in [2.75, 3.05) is 7.05 Å². The van der Waals surface area contributed by atoms with Gasteiger partial charge in [0, 0.05) is 12.6 Å². The zero-order chi connectivity index (χ0) is 11.5. The summed E-state index contributed by atoms with van der Waals surface area (Å²) in [7, 11) is 1.49. The predicted molar refractivity (Wildman–Crippen MR) is 56.5 cm³/mol. The summed E-state index contributed by atoms with van der Waals surface area (Å²) in [6, 6.07) is 7.02. The normalized spacial score (nSPS) is 10.1. The van der Waals surface area contributed by atoms with Gasteiger partial charge in [-0.25, -0.2) is 0 Å². The van der Waals surface area contributed by atoms with Gasteiger partial charge in [-0.3, -0.25) is 4.79 Å². The van der Waals surface area contributed by atoms with E-state index in [0.717, 1.165) is 0 Å². The highest BCUT2D eigenvalue weighted by molar-refractivity contribution is 5.89. The number of hydrogen-bond donors (Lipinski definition) is 1. The van der Waals surface area contributed by atoms with E-state index in [1.54, 1.807) is 24.3 Å². The Hall–Kier alpha value is -2.17. The molecule has 0 saturated heterocycles. The average Bonchev–Trinajstić information content (AvgIpc) is 2.77. The molecule has 1 heterocycles. The van der Waals surface area contributed by atoms with Gasteiger partial charge in [0.05, 0.1) is 0 Å². The number of carbonyl (C=O) groups excluding carboxylic acids is 1. The first-order valence-electron chi connectivity index (χ1n) is 4.62. The van der Waals surface area contributed by atoms with Crippen molar-refractivity contribution < 1.29 is 9.32 Å². The molecule has 2 rings (SSSR count). The minimum atomic E-state index is -0.414. The Labute approximate surface area is 92.5 Å². The van der Waals surface area contributed by atoms with E-state index in [2.05, 4.69) is 15.5 Å². The van der Waals surface area contributed by atoms with E-state index in [9.17, 15) is 4.79 Å². The van der Waals surface area contributed by atoms with Crippen LogP contribution in [0.5, 0.6) is 0 Å². The van der Waals surface area contributed by atoms with Crippen LogP contribution in [0.2, 0.25) is 0 Å². The first kappa shape index (κ1) is 10.4. The SMILES string of the molecule is [CH]c1cccc(-c2noc(C(=O)NC)n2)c1. The quantitative estimate of drug-likeness (QED) is 0.816. The maximum Gasteiger partial charge on any atom is 0.316 e. The molecule has 1 aromatic carbocycles. The Kier molecular flexibility index (Phi) is 2.68. The molecule has 0 fully saturated rings. The summed E-state index contributed by atoms with van der Waals surface area (Å²) in [6.07, 6.45) is 0. The number of benzene rings is 1. The lowest BCUT2D eigenvalue weighted by molar-refractivity contribution is 0.0919. The van der Waals surface area contributed by atoms with Crippen molar-refractivity contribution in [1.29, 1.82) is 0 Å². The Bertz CT molecular complexity index is 519. The van der Waals surface area contributed by atoms with Gasteiger partial charge in [-0.1, -0.05) is 23.4 Å². The number of amides is 1. The molecule has 0 aliphatic heterocycles. The summed E-state index contributed by atoms with van der Waals surface area (Å²) in [5.74, 6) is -0.145. The van der Waals surface area contributed by atoms with Crippen molar-refractivity contribution in [3.8, 4) is 11.4 Å². The van der Waals surface area contributed by atoms with Gasteiger partial charge in [-0.15, -0.1) is 0 Å². The number of rotatable bonds is 2. The molecule has 0 aliphatic rings. The van der Waals surface area contributed by atoms with E-state index in [0.29, 0.717) is 17.0 Å². The van der Waals surface area contributed by atoms with Gasteiger partial charge in [-0.05, 0) is 18.6 Å². The minimum Gasteiger partial charge on any atom is -0.351 e. The Morgan fingerprint density at radius 3 is 3.00 bits per heavy atom. The lowest BCUT2D eigenvalue weighted by Crippen LogP contribution is -2.17. The number of nitrogens with one attached hydrogen (secondary N) is 1. The summed E-state index contributed by atoms with van der Waals surface area (Å²) < 4.78 is 4.80. The molecule has 5 nitrogen and oxygen atoms in total. The van der Waals surface area contributed by atoms with Crippen LogP contribution in [-0.2, 0) is 0 Å². The molecule has 16 heavy (non-hydrogen) atoms. The van der Waals surface area contributed by atoms with E-state index < -0.39 is 5.91 Å². The van der Waals surface area contributed by atoms with Crippen LogP contribution in [-0.4, -0.2) is 23.1 Å². The Morgan fingerprint density at radius 2 is 2.31 bits per heavy atom. The van der Waals surface area contributed by atoms with Crippen LogP contribution in [0.1, 0.15) is 16.2 Å². The summed E-state index contributed by atoms with van der Waals surface area (Å²) >= 11 is 0. The zero-order valence-electron chi connectivity index (χ0n) is 8.60. The lowest BCUT2D eigenvalue weighted by atomic mass is 10.1. The summed E-state index contributed by atoms with van der Waals surface area (Å²) in [6.45, 7) is 5.62. The van der Waals surface area contributed by atoms with Crippen molar-refractivity contribution in [2.45, 2.75) is 0 Å². The third-order valence-corrected chi connectivity index (χ3v) is 1.99. The molecule has 0 spiro atoms. The molecule has 1 aromatic heterocycles. The number of carbonyl (C=O) groups is 1. The molecule has 0 aliphatic carbocycles. The smallest absolute Gasteiger partial charge is 0.316 e. The average molecular weight is 215 g/mol. The number of nitrogens with zero attached hydrogens (tertiary/aromatic N) is 2. The van der Waals surface area contributed by atoms with Gasteiger partial charge in [0.25, 0.3) is 0 Å². The zero-order valence-corrected chi connectivity index (χ0v) is 8.60. The van der Waals surface area contributed by atoms with E-state index in [4.69, 9.17) is 11.4 Å². The second-order valence-electron chi connectivity index (χ2n) is 3.13. The van der Waals surface area contributed by atoms with Crippen LogP contribution in [0.3, 0.4) is 0 Å². The van der Waals surface area contributed by atoms with E-state index in [1.165, 1.54) is 7.05 Å².